The standard InChI is InChI=1S/C9H13N5O/c1-7(9-13-11-6-14(9)2)10-3-8-4-12-15-5-8/h4-7,10H,3H2,1-2H3. The van der Waals surface area contributed by atoms with Crippen molar-refractivity contribution in [2.24, 2.45) is 7.05 Å². The summed E-state index contributed by atoms with van der Waals surface area (Å²) < 4.78 is 6.63. The monoisotopic (exact) mass is 207 g/mol. The molecule has 6 heteroatoms. The molecule has 0 saturated heterocycles. The Morgan fingerprint density at radius 3 is 3.07 bits per heavy atom. The molecule has 1 unspecified atom stereocenters. The molecule has 80 valence electrons. The quantitative estimate of drug-likeness (QED) is 0.797. The molecule has 0 fully saturated rings. The van der Waals surface area contributed by atoms with Gasteiger partial charge in [-0.15, -0.1) is 10.2 Å². The first kappa shape index (κ1) is 9.85. The molecule has 0 spiro atoms. The number of hydrogen-bond acceptors (Lipinski definition) is 5. The third kappa shape index (κ3) is 2.21. The number of nitrogens with zero attached hydrogens (tertiary/aromatic N) is 4. The predicted molar refractivity (Wildman–Crippen MR) is 52.8 cm³/mol. The van der Waals surface area contributed by atoms with E-state index >= 15 is 0 Å². The Bertz CT molecular complexity index is 408. The third-order valence-corrected chi connectivity index (χ3v) is 2.23. The van der Waals surface area contributed by atoms with Crippen molar-refractivity contribution in [1.29, 1.82) is 0 Å². The molecule has 0 aliphatic heterocycles. The zero-order valence-corrected chi connectivity index (χ0v) is 8.71. The molecule has 2 aromatic heterocycles. The van der Waals surface area contributed by atoms with E-state index in [1.165, 1.54) is 0 Å². The van der Waals surface area contributed by atoms with Gasteiger partial charge in [-0.25, -0.2) is 0 Å². The van der Waals surface area contributed by atoms with Crippen LogP contribution in [0.3, 0.4) is 0 Å². The van der Waals surface area contributed by atoms with Crippen molar-refractivity contribution in [2.45, 2.75) is 19.5 Å². The first-order chi connectivity index (χ1) is 7.27. The molecule has 0 radical (unpaired) electrons. The van der Waals surface area contributed by atoms with Crippen LogP contribution in [0.1, 0.15) is 24.4 Å². The summed E-state index contributed by atoms with van der Waals surface area (Å²) in [4.78, 5) is 0. The lowest BCUT2D eigenvalue weighted by atomic mass is 10.3. The second-order valence-corrected chi connectivity index (χ2v) is 3.44. The highest BCUT2D eigenvalue weighted by Gasteiger charge is 2.10. The molecule has 0 saturated carbocycles. The van der Waals surface area contributed by atoms with Gasteiger partial charge < -0.3 is 14.4 Å². The van der Waals surface area contributed by atoms with Crippen LogP contribution in [0.4, 0.5) is 0 Å². The van der Waals surface area contributed by atoms with Gasteiger partial charge in [0, 0.05) is 19.2 Å². The summed E-state index contributed by atoms with van der Waals surface area (Å²) >= 11 is 0. The van der Waals surface area contributed by atoms with E-state index < -0.39 is 0 Å². The summed E-state index contributed by atoms with van der Waals surface area (Å²) in [5.74, 6) is 0.909. The summed E-state index contributed by atoms with van der Waals surface area (Å²) in [5, 5.41) is 14.8. The second kappa shape index (κ2) is 4.22. The maximum absolute atomic E-state index is 4.74. The van der Waals surface area contributed by atoms with Crippen LogP contribution in [-0.2, 0) is 13.6 Å². The van der Waals surface area contributed by atoms with Gasteiger partial charge in [0.05, 0.1) is 12.2 Å². The highest BCUT2D eigenvalue weighted by molar-refractivity contribution is 5.01. The highest BCUT2D eigenvalue weighted by Crippen LogP contribution is 2.08. The normalized spacial score (nSPS) is 12.9. The molecule has 1 atom stereocenters. The largest absolute Gasteiger partial charge is 0.364 e. The highest BCUT2D eigenvalue weighted by atomic mass is 16.5. The topological polar surface area (TPSA) is 68.8 Å². The molecular formula is C9H13N5O. The lowest BCUT2D eigenvalue weighted by Gasteiger charge is -2.11. The van der Waals surface area contributed by atoms with E-state index in [0.717, 1.165) is 11.4 Å². The average molecular weight is 207 g/mol. The second-order valence-electron chi connectivity index (χ2n) is 3.44. The minimum atomic E-state index is 0.146. The van der Waals surface area contributed by atoms with E-state index in [1.54, 1.807) is 18.8 Å². The van der Waals surface area contributed by atoms with Crippen molar-refractivity contribution < 1.29 is 4.52 Å². The molecule has 15 heavy (non-hydrogen) atoms. The Kier molecular flexibility index (Phi) is 2.77. The van der Waals surface area contributed by atoms with Crippen molar-refractivity contribution >= 4 is 0 Å². The molecular weight excluding hydrogens is 194 g/mol. The average Bonchev–Trinajstić information content (AvgIpc) is 2.84. The van der Waals surface area contributed by atoms with Crippen LogP contribution in [0.15, 0.2) is 23.3 Å². The smallest absolute Gasteiger partial charge is 0.149 e. The van der Waals surface area contributed by atoms with Gasteiger partial charge >= 0.3 is 0 Å². The van der Waals surface area contributed by atoms with Crippen molar-refractivity contribution in [3.63, 3.8) is 0 Å². The summed E-state index contributed by atoms with van der Waals surface area (Å²) in [6.45, 7) is 2.75. The van der Waals surface area contributed by atoms with Gasteiger partial charge in [-0.2, -0.15) is 0 Å². The van der Waals surface area contributed by atoms with Crippen molar-refractivity contribution in [1.82, 2.24) is 25.2 Å². The van der Waals surface area contributed by atoms with E-state index in [9.17, 15) is 0 Å². The van der Waals surface area contributed by atoms with Gasteiger partial charge in [-0.05, 0) is 6.92 Å². The summed E-state index contributed by atoms with van der Waals surface area (Å²) in [5.41, 5.74) is 1.02. The van der Waals surface area contributed by atoms with Gasteiger partial charge in [-0.3, -0.25) is 0 Å². The molecule has 2 heterocycles. The zero-order chi connectivity index (χ0) is 10.7. The van der Waals surface area contributed by atoms with Crippen LogP contribution in [0, 0.1) is 0 Å². The molecule has 0 aromatic carbocycles. The summed E-state index contributed by atoms with van der Waals surface area (Å²) in [7, 11) is 1.92. The number of aryl methyl sites for hydroxylation is 1. The number of nitrogens with one attached hydrogen (secondary N) is 1. The van der Waals surface area contributed by atoms with E-state index in [1.807, 2.05) is 18.5 Å². The fraction of sp³-hybridized carbons (Fsp3) is 0.444. The number of rotatable bonds is 4. The molecule has 2 rings (SSSR count). The predicted octanol–water partition coefficient (Wildman–Crippen LogP) is 0.654. The van der Waals surface area contributed by atoms with Crippen molar-refractivity contribution in [3.05, 3.63) is 30.2 Å². The maximum Gasteiger partial charge on any atom is 0.149 e. The van der Waals surface area contributed by atoms with Crippen LogP contribution in [-0.4, -0.2) is 19.9 Å². The van der Waals surface area contributed by atoms with Crippen molar-refractivity contribution in [2.75, 3.05) is 0 Å². The van der Waals surface area contributed by atoms with Gasteiger partial charge in [-0.1, -0.05) is 5.16 Å². The Balaban J connectivity index is 1.93. The van der Waals surface area contributed by atoms with Gasteiger partial charge in [0.15, 0.2) is 0 Å². The van der Waals surface area contributed by atoms with Crippen LogP contribution in [0.25, 0.3) is 0 Å². The number of aromatic nitrogens is 4. The third-order valence-electron chi connectivity index (χ3n) is 2.23. The lowest BCUT2D eigenvalue weighted by molar-refractivity contribution is 0.418. The fourth-order valence-corrected chi connectivity index (χ4v) is 1.36. The molecule has 2 aromatic rings. The van der Waals surface area contributed by atoms with E-state index in [-0.39, 0.29) is 6.04 Å². The fourth-order valence-electron chi connectivity index (χ4n) is 1.36. The van der Waals surface area contributed by atoms with Crippen LogP contribution >= 0.6 is 0 Å². The maximum atomic E-state index is 4.74. The first-order valence-corrected chi connectivity index (χ1v) is 4.73. The minimum Gasteiger partial charge on any atom is -0.364 e. The van der Waals surface area contributed by atoms with Crippen LogP contribution < -0.4 is 5.32 Å². The minimum absolute atomic E-state index is 0.146. The summed E-state index contributed by atoms with van der Waals surface area (Å²) in [6.07, 6.45) is 5.00. The molecule has 0 bridgehead atoms. The number of hydrogen-bond donors (Lipinski definition) is 1. The Labute approximate surface area is 87.3 Å². The first-order valence-electron chi connectivity index (χ1n) is 4.73. The van der Waals surface area contributed by atoms with Gasteiger partial charge in [0.1, 0.15) is 18.4 Å². The SMILES string of the molecule is CC(NCc1cnoc1)c1nncn1C. The Hall–Kier alpha value is -1.69. The molecule has 0 aliphatic rings. The van der Waals surface area contributed by atoms with Crippen LogP contribution in [0.5, 0.6) is 0 Å². The Morgan fingerprint density at radius 2 is 2.47 bits per heavy atom. The van der Waals surface area contributed by atoms with E-state index in [2.05, 4.69) is 20.7 Å². The van der Waals surface area contributed by atoms with Crippen molar-refractivity contribution in [3.8, 4) is 0 Å². The van der Waals surface area contributed by atoms with E-state index in [0.29, 0.717) is 6.54 Å². The lowest BCUT2D eigenvalue weighted by Crippen LogP contribution is -2.20. The zero-order valence-electron chi connectivity index (χ0n) is 8.71. The summed E-state index contributed by atoms with van der Waals surface area (Å²) in [6, 6.07) is 0.146. The molecule has 0 amide bonds. The molecule has 1 N–H and O–H groups in total. The Morgan fingerprint density at radius 1 is 1.60 bits per heavy atom. The molecule has 0 aliphatic carbocycles. The van der Waals surface area contributed by atoms with Crippen LogP contribution in [0.2, 0.25) is 0 Å². The van der Waals surface area contributed by atoms with Gasteiger partial charge in [0.25, 0.3) is 0 Å². The van der Waals surface area contributed by atoms with Gasteiger partial charge in [0.2, 0.25) is 0 Å². The molecule has 6 nitrogen and oxygen atoms in total. The van der Waals surface area contributed by atoms with E-state index in [4.69, 9.17) is 4.52 Å².